The number of amides is 3. The van der Waals surface area contributed by atoms with Crippen LogP contribution in [0.25, 0.3) is 11.0 Å². The zero-order valence-electron chi connectivity index (χ0n) is 34.1. The molecule has 12 atom stereocenters. The van der Waals surface area contributed by atoms with Crippen molar-refractivity contribution >= 4 is 40.7 Å². The van der Waals surface area contributed by atoms with Gasteiger partial charge < -0.3 is 64.9 Å². The van der Waals surface area contributed by atoms with Crippen LogP contribution in [0.5, 0.6) is 0 Å². The van der Waals surface area contributed by atoms with Gasteiger partial charge in [0.05, 0.1) is 36.2 Å². The molecule has 6 rings (SSSR count). The predicted molar refractivity (Wildman–Crippen MR) is 208 cm³/mol. The van der Waals surface area contributed by atoms with E-state index >= 15 is 0 Å². The van der Waals surface area contributed by atoms with Gasteiger partial charge in [-0.25, -0.2) is 19.3 Å². The number of nitriles is 1. The Balaban J connectivity index is 1.05. The van der Waals surface area contributed by atoms with Crippen molar-refractivity contribution in [1.29, 1.82) is 5.26 Å². The van der Waals surface area contributed by atoms with Gasteiger partial charge in [-0.2, -0.15) is 5.26 Å². The molecule has 21 nitrogen and oxygen atoms in total. The van der Waals surface area contributed by atoms with Gasteiger partial charge in [0.1, 0.15) is 61.3 Å². The minimum Gasteiger partial charge on any atom is -0.446 e. The molecule has 10 unspecified atom stereocenters. The van der Waals surface area contributed by atoms with Crippen LogP contribution in [0.3, 0.4) is 0 Å². The highest BCUT2D eigenvalue weighted by atomic mass is 16.7. The molecule has 1 aliphatic carbocycles. The number of hydrogen-bond donors (Lipinski definition) is 7. The number of rotatable bonds is 11. The second-order valence-corrected chi connectivity index (χ2v) is 16.1. The Bertz CT molecular complexity index is 1890. The number of aliphatic hydroxyl groups excluding tert-OH is 5. The van der Waals surface area contributed by atoms with Crippen molar-refractivity contribution in [2.45, 2.75) is 145 Å². The lowest BCUT2D eigenvalue weighted by Gasteiger charge is -2.47. The van der Waals surface area contributed by atoms with E-state index in [9.17, 15) is 44.7 Å². The van der Waals surface area contributed by atoms with Gasteiger partial charge in [-0.15, -0.1) is 0 Å². The Morgan fingerprint density at radius 2 is 1.73 bits per heavy atom. The van der Waals surface area contributed by atoms with Crippen molar-refractivity contribution in [2.24, 2.45) is 5.92 Å². The molecule has 60 heavy (non-hydrogen) atoms. The van der Waals surface area contributed by atoms with Gasteiger partial charge >= 0.3 is 6.09 Å². The summed E-state index contributed by atoms with van der Waals surface area (Å²) in [6, 6.07) is 2.19. The summed E-state index contributed by atoms with van der Waals surface area (Å²) in [7, 11) is 1.88. The van der Waals surface area contributed by atoms with E-state index in [0.29, 0.717) is 62.0 Å². The van der Waals surface area contributed by atoms with E-state index in [0.717, 1.165) is 6.42 Å². The van der Waals surface area contributed by atoms with E-state index in [1.807, 2.05) is 18.0 Å². The first-order valence-electron chi connectivity index (χ1n) is 20.4. The maximum Gasteiger partial charge on any atom is 0.419 e. The zero-order chi connectivity index (χ0) is 43.4. The van der Waals surface area contributed by atoms with Crippen LogP contribution in [0.2, 0.25) is 0 Å². The van der Waals surface area contributed by atoms with Crippen LogP contribution >= 0.6 is 0 Å². The van der Waals surface area contributed by atoms with Gasteiger partial charge in [0.2, 0.25) is 11.8 Å². The second kappa shape index (κ2) is 19.5. The third kappa shape index (κ3) is 9.50. The molecule has 0 spiro atoms. The fourth-order valence-corrected chi connectivity index (χ4v) is 8.72. The fraction of sp³-hybridized carbons (Fsp3) is 0.718. The lowest BCUT2D eigenvalue weighted by Crippen LogP contribution is -2.68. The number of likely N-dealkylation sites (tertiary alicyclic amines) is 1. The zero-order valence-corrected chi connectivity index (χ0v) is 34.1. The third-order valence-electron chi connectivity index (χ3n) is 12.2. The van der Waals surface area contributed by atoms with Crippen molar-refractivity contribution in [3.8, 4) is 6.07 Å². The number of aliphatic hydroxyl groups is 5. The van der Waals surface area contributed by atoms with Crippen molar-refractivity contribution in [2.75, 3.05) is 31.6 Å². The van der Waals surface area contributed by atoms with E-state index in [-0.39, 0.29) is 24.3 Å². The van der Waals surface area contributed by atoms with Crippen LogP contribution in [-0.4, -0.2) is 175 Å². The molecule has 2 aromatic heterocycles. The summed E-state index contributed by atoms with van der Waals surface area (Å²) < 4.78 is 24.6. The molecular formula is C39H56N8O13. The number of carbonyl (C=O) groups excluding carboxylic acids is 4. The number of likely N-dealkylation sites (N-methyl/N-ethyl adjacent to an activating group) is 1. The molecule has 4 aliphatic rings. The summed E-state index contributed by atoms with van der Waals surface area (Å²) in [6.45, 7) is 5.54. The van der Waals surface area contributed by atoms with Crippen molar-refractivity contribution in [3.05, 3.63) is 18.6 Å². The average Bonchev–Trinajstić information content (AvgIpc) is 3.67. The van der Waals surface area contributed by atoms with Crippen LogP contribution in [0.15, 0.2) is 18.6 Å². The molecule has 5 heterocycles. The number of anilines is 1. The minimum atomic E-state index is -1.89. The summed E-state index contributed by atoms with van der Waals surface area (Å²) in [6.07, 6.45) is -9.38. The number of hydrogen-bond acceptors (Lipinski definition) is 17. The third-order valence-corrected chi connectivity index (χ3v) is 12.2. The summed E-state index contributed by atoms with van der Waals surface area (Å²) in [5.41, 5.74) is 0.342. The van der Waals surface area contributed by atoms with Crippen molar-refractivity contribution < 1.29 is 63.7 Å². The van der Waals surface area contributed by atoms with Crippen LogP contribution < -0.4 is 15.5 Å². The molecule has 3 saturated heterocycles. The summed E-state index contributed by atoms with van der Waals surface area (Å²) in [5.74, 6) is -0.672. The van der Waals surface area contributed by atoms with Crippen LogP contribution in [0.1, 0.15) is 65.7 Å². The number of piperidine rings is 1. The van der Waals surface area contributed by atoms with E-state index in [1.165, 1.54) is 17.8 Å². The van der Waals surface area contributed by atoms with E-state index < -0.39 is 97.8 Å². The van der Waals surface area contributed by atoms with Gasteiger partial charge in [0.25, 0.3) is 5.91 Å². The molecule has 0 aromatic carbocycles. The number of fused-ring (bicyclic) bond motifs is 1. The Morgan fingerprint density at radius 3 is 2.40 bits per heavy atom. The Labute approximate surface area is 346 Å². The molecule has 3 aliphatic heterocycles. The maximum atomic E-state index is 13.5. The van der Waals surface area contributed by atoms with Gasteiger partial charge in [-0.3, -0.25) is 14.4 Å². The largest absolute Gasteiger partial charge is 0.446 e. The Morgan fingerprint density at radius 1 is 1.00 bits per heavy atom. The number of aromatic nitrogens is 3. The topological polar surface area (TPSA) is 291 Å². The highest BCUT2D eigenvalue weighted by Gasteiger charge is 2.52. The lowest BCUT2D eigenvalue weighted by molar-refractivity contribution is -0.324. The van der Waals surface area contributed by atoms with Gasteiger partial charge in [0.15, 0.2) is 18.0 Å². The standard InChI is InChI=1S/C39H56N8O13/c1-5-25-28(43-20(3)49)33(29(51)26(17-48)58-25)59-38-32(54)30(52)31(53)34(60-38)37(55)44-21-6-8-22(9-7-21)57-39(56)47-15-12-23-35(41-18-42-36(23)47)45(4)24-16-46(14-11-19(24)2)27(50)10-13-40/h12,15,18-19,21-22,24-26,28-34,38,48,51-54H,5-11,14,16-17H2,1-4H3,(H,43,49)(H,44,55)/t19-,21?,22?,24+,25?,26?,28?,29?,30?,31?,32?,33?,34?,38?/m1/s1. The van der Waals surface area contributed by atoms with E-state index in [1.54, 1.807) is 24.1 Å². The lowest BCUT2D eigenvalue weighted by atomic mass is 9.90. The fourth-order valence-electron chi connectivity index (χ4n) is 8.72. The summed E-state index contributed by atoms with van der Waals surface area (Å²) in [4.78, 5) is 64.1. The molecule has 2 aromatic rings. The molecule has 7 N–H and O–H groups in total. The van der Waals surface area contributed by atoms with E-state index in [4.69, 9.17) is 24.2 Å². The highest BCUT2D eigenvalue weighted by molar-refractivity contribution is 5.93. The van der Waals surface area contributed by atoms with E-state index in [2.05, 4.69) is 27.5 Å². The van der Waals surface area contributed by atoms with Crippen LogP contribution in [0.4, 0.5) is 10.6 Å². The number of nitrogens with zero attached hydrogens (tertiary/aromatic N) is 6. The van der Waals surface area contributed by atoms with Gasteiger partial charge in [-0.05, 0) is 50.5 Å². The number of nitrogens with one attached hydrogen (secondary N) is 2. The summed E-state index contributed by atoms with van der Waals surface area (Å²) >= 11 is 0. The first-order valence-corrected chi connectivity index (χ1v) is 20.4. The minimum absolute atomic E-state index is 0.0888. The first-order chi connectivity index (χ1) is 28.7. The molecule has 330 valence electrons. The molecular weight excluding hydrogens is 788 g/mol. The Kier molecular flexibility index (Phi) is 14.6. The molecule has 21 heteroatoms. The maximum absolute atomic E-state index is 13.5. The number of carbonyl (C=O) groups is 4. The Hall–Kier alpha value is -4.53. The first kappa shape index (κ1) is 45.0. The molecule has 1 saturated carbocycles. The van der Waals surface area contributed by atoms with Crippen molar-refractivity contribution in [1.82, 2.24) is 30.1 Å². The van der Waals surface area contributed by atoms with Crippen LogP contribution in [0, 0.1) is 17.2 Å². The van der Waals surface area contributed by atoms with Crippen molar-refractivity contribution in [3.63, 3.8) is 0 Å². The van der Waals surface area contributed by atoms with Crippen LogP contribution in [-0.2, 0) is 33.3 Å². The quantitative estimate of drug-likeness (QED) is 0.138. The average molecular weight is 845 g/mol. The highest BCUT2D eigenvalue weighted by Crippen LogP contribution is 2.33. The molecule has 0 bridgehead atoms. The molecule has 0 radical (unpaired) electrons. The molecule has 3 amide bonds. The second-order valence-electron chi connectivity index (χ2n) is 16.1. The monoisotopic (exact) mass is 844 g/mol. The number of ether oxygens (including phenoxy) is 4. The molecule has 4 fully saturated rings. The summed E-state index contributed by atoms with van der Waals surface area (Å²) in [5, 5.41) is 68.3. The SMILES string of the molecule is CCC1OC(CO)C(O)C(OC2OC(C(=O)NC3CCC(OC(=O)n4ccc5c(N(C)[C@H]6CN(C(=O)CC#N)CC[C@H]6C)ncnc54)CC3)C(O)C(O)C2O)C1NC(C)=O. The van der Waals surface area contributed by atoms with Gasteiger partial charge in [-0.1, -0.05) is 13.8 Å². The van der Waals surface area contributed by atoms with Gasteiger partial charge in [0, 0.05) is 39.3 Å². The predicted octanol–water partition coefficient (Wildman–Crippen LogP) is -1.34. The normalized spacial score (nSPS) is 34.6. The smallest absolute Gasteiger partial charge is 0.419 e.